The smallest absolute Gasteiger partial charge is 0.253 e. The van der Waals surface area contributed by atoms with Crippen LogP contribution < -0.4 is 5.32 Å². The fraction of sp³-hybridized carbons (Fsp3) is 0.556. The van der Waals surface area contributed by atoms with Gasteiger partial charge in [-0.1, -0.05) is 0 Å². The van der Waals surface area contributed by atoms with Crippen molar-refractivity contribution in [2.75, 3.05) is 19.6 Å². The van der Waals surface area contributed by atoms with Gasteiger partial charge >= 0.3 is 0 Å². The van der Waals surface area contributed by atoms with Gasteiger partial charge in [-0.2, -0.15) is 4.31 Å². The molecule has 1 aromatic rings. The lowest BCUT2D eigenvalue weighted by molar-refractivity contribution is 0.310. The van der Waals surface area contributed by atoms with Crippen LogP contribution in [-0.2, 0) is 10.0 Å². The van der Waals surface area contributed by atoms with Gasteiger partial charge < -0.3 is 5.32 Å². The Labute approximate surface area is 108 Å². The molecule has 0 spiro atoms. The van der Waals surface area contributed by atoms with Crippen LogP contribution in [0.4, 0.5) is 0 Å². The van der Waals surface area contributed by atoms with Crippen LogP contribution in [0.15, 0.2) is 20.1 Å². The minimum atomic E-state index is -3.32. The van der Waals surface area contributed by atoms with Crippen molar-refractivity contribution in [1.82, 2.24) is 9.62 Å². The van der Waals surface area contributed by atoms with Crippen molar-refractivity contribution < 1.29 is 8.42 Å². The van der Waals surface area contributed by atoms with Crippen molar-refractivity contribution in [3.05, 3.63) is 15.9 Å². The fourth-order valence-electron chi connectivity index (χ4n) is 1.70. The highest BCUT2D eigenvalue weighted by Crippen LogP contribution is 2.30. The zero-order valence-electron chi connectivity index (χ0n) is 8.81. The van der Waals surface area contributed by atoms with E-state index in [1.54, 1.807) is 15.8 Å². The van der Waals surface area contributed by atoms with E-state index in [9.17, 15) is 8.42 Å². The molecule has 1 aromatic heterocycles. The normalized spacial score (nSPS) is 23.5. The third-order valence-electron chi connectivity index (χ3n) is 2.49. The highest BCUT2D eigenvalue weighted by molar-refractivity contribution is 9.10. The van der Waals surface area contributed by atoms with Crippen LogP contribution in [0.5, 0.6) is 0 Å². The summed E-state index contributed by atoms with van der Waals surface area (Å²) in [6.45, 7) is 3.78. The number of piperazine rings is 1. The predicted octanol–water partition coefficient (Wildman–Crippen LogP) is 1.49. The van der Waals surface area contributed by atoms with Crippen LogP contribution in [-0.4, -0.2) is 38.4 Å². The van der Waals surface area contributed by atoms with Gasteiger partial charge in [0.15, 0.2) is 0 Å². The minimum Gasteiger partial charge on any atom is -0.312 e. The molecule has 1 atom stereocenters. The van der Waals surface area contributed by atoms with Crippen LogP contribution in [0.1, 0.15) is 6.92 Å². The maximum Gasteiger partial charge on any atom is 0.253 e. The summed E-state index contributed by atoms with van der Waals surface area (Å²) in [6.07, 6.45) is 0. The number of thiophene rings is 1. The highest BCUT2D eigenvalue weighted by atomic mass is 79.9. The van der Waals surface area contributed by atoms with Crippen molar-refractivity contribution >= 4 is 37.3 Å². The van der Waals surface area contributed by atoms with Crippen molar-refractivity contribution in [1.29, 1.82) is 0 Å². The molecule has 1 N–H and O–H groups in total. The van der Waals surface area contributed by atoms with Gasteiger partial charge in [-0.3, -0.25) is 0 Å². The second-order valence-corrected chi connectivity index (χ2v) is 7.68. The van der Waals surface area contributed by atoms with Gasteiger partial charge in [0.05, 0.1) is 0 Å². The number of sulfonamides is 1. The van der Waals surface area contributed by atoms with E-state index in [4.69, 9.17) is 0 Å². The first-order chi connectivity index (χ1) is 7.51. The van der Waals surface area contributed by atoms with Gasteiger partial charge in [-0.15, -0.1) is 11.3 Å². The van der Waals surface area contributed by atoms with Crippen LogP contribution in [0.25, 0.3) is 0 Å². The lowest BCUT2D eigenvalue weighted by Crippen LogP contribution is -2.51. The standard InChI is InChI=1S/C9H13BrN2O2S2/c1-7-6-12(4-3-11-7)16(13,14)9-8(10)2-5-15-9/h2,5,7,11H,3-4,6H2,1H3/t7-/m0/s1. The van der Waals surface area contributed by atoms with Crippen LogP contribution in [0.2, 0.25) is 0 Å². The summed E-state index contributed by atoms with van der Waals surface area (Å²) in [7, 11) is -3.32. The largest absolute Gasteiger partial charge is 0.312 e. The quantitative estimate of drug-likeness (QED) is 0.896. The molecule has 90 valence electrons. The van der Waals surface area contributed by atoms with Crippen molar-refractivity contribution in [2.45, 2.75) is 17.2 Å². The van der Waals surface area contributed by atoms with Crippen molar-refractivity contribution in [3.8, 4) is 0 Å². The Morgan fingerprint density at radius 3 is 2.94 bits per heavy atom. The van der Waals surface area contributed by atoms with Gasteiger partial charge in [0.25, 0.3) is 10.0 Å². The molecule has 1 fully saturated rings. The predicted molar refractivity (Wildman–Crippen MR) is 68.2 cm³/mol. The van der Waals surface area contributed by atoms with Crippen LogP contribution in [0, 0.1) is 0 Å². The summed E-state index contributed by atoms with van der Waals surface area (Å²) in [4.78, 5) is 0. The zero-order chi connectivity index (χ0) is 11.8. The van der Waals surface area contributed by atoms with E-state index in [0.29, 0.717) is 28.3 Å². The van der Waals surface area contributed by atoms with Gasteiger partial charge in [0, 0.05) is 30.1 Å². The summed E-state index contributed by atoms with van der Waals surface area (Å²) in [6, 6.07) is 1.98. The van der Waals surface area contributed by atoms with Gasteiger partial charge in [-0.25, -0.2) is 8.42 Å². The molecular formula is C9H13BrN2O2S2. The monoisotopic (exact) mass is 324 g/mol. The number of halogens is 1. The second-order valence-electron chi connectivity index (χ2n) is 3.77. The molecule has 0 amide bonds. The summed E-state index contributed by atoms with van der Waals surface area (Å²) >= 11 is 4.53. The number of nitrogens with zero attached hydrogens (tertiary/aromatic N) is 1. The molecule has 16 heavy (non-hydrogen) atoms. The van der Waals surface area contributed by atoms with Gasteiger partial charge in [0.2, 0.25) is 0 Å². The Kier molecular flexibility index (Phi) is 3.70. The van der Waals surface area contributed by atoms with E-state index in [2.05, 4.69) is 21.2 Å². The Morgan fingerprint density at radius 1 is 1.62 bits per heavy atom. The Morgan fingerprint density at radius 2 is 2.38 bits per heavy atom. The molecular weight excluding hydrogens is 312 g/mol. The van der Waals surface area contributed by atoms with Crippen LogP contribution in [0.3, 0.4) is 0 Å². The topological polar surface area (TPSA) is 49.4 Å². The molecule has 0 aliphatic carbocycles. The van der Waals surface area contributed by atoms with Crippen molar-refractivity contribution in [3.63, 3.8) is 0 Å². The molecule has 7 heteroatoms. The van der Waals surface area contributed by atoms with E-state index in [0.717, 1.165) is 0 Å². The first-order valence-electron chi connectivity index (χ1n) is 4.98. The third kappa shape index (κ3) is 2.33. The average Bonchev–Trinajstić information content (AvgIpc) is 2.65. The minimum absolute atomic E-state index is 0.210. The molecule has 1 saturated heterocycles. The van der Waals surface area contributed by atoms with E-state index < -0.39 is 10.0 Å². The fourth-order valence-corrected chi connectivity index (χ4v) is 5.68. The zero-order valence-corrected chi connectivity index (χ0v) is 12.0. The maximum absolute atomic E-state index is 12.3. The van der Waals surface area contributed by atoms with E-state index in [1.807, 2.05) is 6.92 Å². The lowest BCUT2D eigenvalue weighted by Gasteiger charge is -2.30. The Balaban J connectivity index is 2.29. The number of rotatable bonds is 2. The summed E-state index contributed by atoms with van der Waals surface area (Å²) < 4.78 is 27.2. The molecule has 0 saturated carbocycles. The van der Waals surface area contributed by atoms with E-state index >= 15 is 0 Å². The average molecular weight is 325 g/mol. The van der Waals surface area contributed by atoms with Crippen LogP contribution >= 0.6 is 27.3 Å². The highest BCUT2D eigenvalue weighted by Gasteiger charge is 2.30. The Bertz CT molecular complexity index is 472. The van der Waals surface area contributed by atoms with E-state index in [-0.39, 0.29) is 6.04 Å². The molecule has 1 aliphatic heterocycles. The summed E-state index contributed by atoms with van der Waals surface area (Å²) in [5.74, 6) is 0. The number of hydrogen-bond donors (Lipinski definition) is 1. The summed E-state index contributed by atoms with van der Waals surface area (Å²) in [5.41, 5.74) is 0. The van der Waals surface area contributed by atoms with Crippen molar-refractivity contribution in [2.24, 2.45) is 0 Å². The molecule has 2 heterocycles. The first kappa shape index (κ1) is 12.5. The van der Waals surface area contributed by atoms with Gasteiger partial charge in [0.1, 0.15) is 4.21 Å². The SMILES string of the molecule is C[C@H]1CN(S(=O)(=O)c2sccc2Br)CCN1. The second kappa shape index (κ2) is 4.73. The molecule has 0 radical (unpaired) electrons. The first-order valence-corrected chi connectivity index (χ1v) is 8.09. The number of nitrogens with one attached hydrogen (secondary N) is 1. The lowest BCUT2D eigenvalue weighted by atomic mass is 10.3. The molecule has 2 rings (SSSR count). The van der Waals surface area contributed by atoms with Gasteiger partial charge in [-0.05, 0) is 34.3 Å². The summed E-state index contributed by atoms with van der Waals surface area (Å²) in [5, 5.41) is 5.01. The Hall–Kier alpha value is 0.0500. The molecule has 0 bridgehead atoms. The number of hydrogen-bond acceptors (Lipinski definition) is 4. The maximum atomic E-state index is 12.3. The molecule has 1 aliphatic rings. The molecule has 4 nitrogen and oxygen atoms in total. The molecule has 0 aromatic carbocycles. The third-order valence-corrected chi connectivity index (χ3v) is 7.00. The molecule has 0 unspecified atom stereocenters. The van der Waals surface area contributed by atoms with E-state index in [1.165, 1.54) is 11.3 Å².